The Labute approximate surface area is 287 Å². The minimum atomic E-state index is 0. The van der Waals surface area contributed by atoms with Gasteiger partial charge in [-0.05, 0) is 81.8 Å². The van der Waals surface area contributed by atoms with E-state index in [4.69, 9.17) is 19.7 Å². The molecule has 0 aliphatic heterocycles. The molecule has 0 unspecified atom stereocenters. The van der Waals surface area contributed by atoms with Gasteiger partial charge in [0.05, 0.1) is 14.2 Å². The van der Waals surface area contributed by atoms with Crippen molar-refractivity contribution >= 4 is 0 Å². The molecule has 0 saturated carbocycles. The molecule has 224 valence electrons. The Morgan fingerprint density at radius 1 is 0.459 bits per heavy atom. The molecule has 2 N–H and O–H groups in total. The van der Waals surface area contributed by atoms with E-state index >= 15 is 0 Å². The second-order valence-electron chi connectivity index (χ2n) is 6.23. The average molecular weight is 683 g/mol. The Balaban J connectivity index is -0.0000000240. The van der Waals surface area contributed by atoms with Crippen LogP contribution in [-0.4, -0.2) is 38.7 Å². The van der Waals surface area contributed by atoms with Crippen molar-refractivity contribution in [2.24, 2.45) is 0 Å². The third kappa shape index (κ3) is 26.2. The number of methoxy groups -OCH3 is 2. The van der Waals surface area contributed by atoms with Crippen LogP contribution in [0.2, 0.25) is 0 Å². The van der Waals surface area contributed by atoms with Gasteiger partial charge in [-0.25, -0.2) is 0 Å². The van der Waals surface area contributed by atoms with E-state index in [1.165, 1.54) is 38.9 Å². The Hall–Kier alpha value is 0.168. The molecule has 0 heterocycles. The van der Waals surface area contributed by atoms with Crippen LogP contribution >= 0.6 is 0 Å². The molecule has 2 aromatic rings. The number of hydrogen-bond acceptors (Lipinski definition) is 4. The van der Waals surface area contributed by atoms with E-state index in [9.17, 15) is 0 Å². The molecule has 2 aromatic carbocycles. The van der Waals surface area contributed by atoms with Gasteiger partial charge >= 0.3 is 0 Å². The van der Waals surface area contributed by atoms with Gasteiger partial charge < -0.3 is 34.5 Å². The van der Waals surface area contributed by atoms with Crippen LogP contribution in [0, 0.1) is 63.3 Å². The minimum Gasteiger partial charge on any atom is -0.496 e. The Bertz CT molecular complexity index is 681. The van der Waals surface area contributed by atoms with Crippen molar-refractivity contribution in [3.8, 4) is 11.5 Å². The summed E-state index contributed by atoms with van der Waals surface area (Å²) in [4.78, 5) is 0. The van der Waals surface area contributed by atoms with Crippen molar-refractivity contribution in [3.05, 3.63) is 72.0 Å². The fourth-order valence-electron chi connectivity index (χ4n) is 3.06. The van der Waals surface area contributed by atoms with E-state index in [1.807, 2.05) is 0 Å². The van der Waals surface area contributed by atoms with Gasteiger partial charge in [0.15, 0.2) is 0 Å². The molecule has 0 aliphatic carbocycles. The summed E-state index contributed by atoms with van der Waals surface area (Å²) in [5.41, 5.74) is 8.87. The molecule has 4 nitrogen and oxygen atoms in total. The number of aryl methyl sites for hydroxylation is 5. The zero-order chi connectivity index (χ0) is 21.7. The van der Waals surface area contributed by atoms with Crippen molar-refractivity contribution < 1.29 is 85.1 Å². The zero-order valence-electron chi connectivity index (χ0n) is 22.1. The quantitative estimate of drug-likeness (QED) is 0.310. The van der Waals surface area contributed by atoms with E-state index < -0.39 is 0 Å². The topological polar surface area (TPSA) is 58.9 Å². The molecule has 0 saturated heterocycles. The van der Waals surface area contributed by atoms with E-state index in [0.717, 1.165) is 25.7 Å². The molecular weight excluding hydrogens is 614 g/mol. The fourth-order valence-corrected chi connectivity index (χ4v) is 3.06. The first kappa shape index (κ1) is 76.8. The van der Waals surface area contributed by atoms with Crippen LogP contribution in [0.5, 0.6) is 11.5 Å². The minimum absolute atomic E-state index is 0. The summed E-state index contributed by atoms with van der Waals surface area (Å²) in [6, 6.07) is 6.43. The fraction of sp³-hybridized carbons (Fsp3) is 0.548. The Morgan fingerprint density at radius 2 is 0.730 bits per heavy atom. The van der Waals surface area contributed by atoms with Crippen LogP contribution in [-0.2, 0) is 65.4 Å². The molecule has 37 heavy (non-hydrogen) atoms. The molecule has 0 amide bonds. The van der Waals surface area contributed by atoms with Crippen molar-refractivity contribution in [1.82, 2.24) is 0 Å². The molecule has 0 fully saturated rings. The predicted octanol–water partition coefficient (Wildman–Crippen LogP) is 9.48. The van der Waals surface area contributed by atoms with Crippen LogP contribution in [0.3, 0.4) is 0 Å². The second-order valence-corrected chi connectivity index (χ2v) is 6.23. The Kier molecular flexibility index (Phi) is 89.7. The van der Waals surface area contributed by atoms with Crippen LogP contribution in [0.15, 0.2) is 18.2 Å². The number of aliphatic hydroxyl groups is 2. The van der Waals surface area contributed by atoms with Crippen LogP contribution in [0.25, 0.3) is 0 Å². The van der Waals surface area contributed by atoms with Gasteiger partial charge in [0.1, 0.15) is 11.5 Å². The van der Waals surface area contributed by atoms with Crippen LogP contribution in [0.1, 0.15) is 83.5 Å². The zero-order valence-corrected chi connectivity index (χ0v) is 27.8. The standard InChI is InChI=1S/C11H16O.C10H14O.2CH4O.6CH4.2CH3.2Y/c1-7-6-8(2)11(12-5)10(4)9(7)3;1-7-5-8(2)10(11-4)9(3)6-7;2*1-2;;;;;;;;;;/h6H,1-5H3;5-6H,1-4H3;2*2H,1H3;6*1H4;2*1H3;;/q;;;;;;;;;;2*-1;;. The van der Waals surface area contributed by atoms with Gasteiger partial charge in [-0.1, -0.05) is 68.3 Å². The average Bonchev–Trinajstić information content (AvgIpc) is 2.64. The number of rotatable bonds is 2. The van der Waals surface area contributed by atoms with Crippen molar-refractivity contribution in [3.63, 3.8) is 0 Å². The van der Waals surface area contributed by atoms with E-state index in [1.54, 1.807) is 14.2 Å². The maximum atomic E-state index is 7.00. The molecule has 0 aliphatic rings. The third-order valence-corrected chi connectivity index (χ3v) is 4.30. The molecular formula is C31H68O4Y2-2. The molecule has 2 radical (unpaired) electrons. The first-order chi connectivity index (χ1) is 12.7. The maximum Gasteiger partial charge on any atom is 0.124 e. The van der Waals surface area contributed by atoms with Gasteiger partial charge in [-0.2, -0.15) is 0 Å². The molecule has 0 aromatic heterocycles. The number of ether oxygens (including phenoxy) is 2. The summed E-state index contributed by atoms with van der Waals surface area (Å²) in [5, 5.41) is 14.0. The number of benzene rings is 2. The number of hydrogen-bond donors (Lipinski definition) is 2. The van der Waals surface area contributed by atoms with Gasteiger partial charge in [-0.3, -0.25) is 0 Å². The van der Waals surface area contributed by atoms with Gasteiger partial charge in [0, 0.05) is 79.6 Å². The molecule has 0 bridgehead atoms. The van der Waals surface area contributed by atoms with Crippen molar-refractivity contribution in [1.29, 1.82) is 0 Å². The molecule has 0 atom stereocenters. The van der Waals surface area contributed by atoms with E-state index in [-0.39, 0.29) is 125 Å². The first-order valence-electron chi connectivity index (χ1n) is 8.85. The summed E-state index contributed by atoms with van der Waals surface area (Å²) in [6.07, 6.45) is 0. The molecule has 2 rings (SSSR count). The van der Waals surface area contributed by atoms with Crippen molar-refractivity contribution in [2.75, 3.05) is 28.4 Å². The number of aliphatic hydroxyl groups excluding tert-OH is 2. The largest absolute Gasteiger partial charge is 0.496 e. The smallest absolute Gasteiger partial charge is 0.124 e. The SMILES string of the molecule is C.C.C.C.C.C.CO.CO.COc1c(C)cc(C)c(C)c1C.COc1c(C)cc(C)cc1C.[CH3-].[CH3-].[Y].[Y]. The first-order valence-corrected chi connectivity index (χ1v) is 8.85. The Morgan fingerprint density at radius 3 is 1.00 bits per heavy atom. The van der Waals surface area contributed by atoms with Gasteiger partial charge in [0.25, 0.3) is 0 Å². The summed E-state index contributed by atoms with van der Waals surface area (Å²) < 4.78 is 10.5. The third-order valence-electron chi connectivity index (χ3n) is 4.30. The van der Waals surface area contributed by atoms with E-state index in [2.05, 4.69) is 66.7 Å². The molecule has 0 spiro atoms. The predicted molar refractivity (Wildman–Crippen MR) is 169 cm³/mol. The summed E-state index contributed by atoms with van der Waals surface area (Å²) in [6.45, 7) is 14.7. The van der Waals surface area contributed by atoms with Crippen LogP contribution in [0.4, 0.5) is 0 Å². The summed E-state index contributed by atoms with van der Waals surface area (Å²) in [5.74, 6) is 2.04. The van der Waals surface area contributed by atoms with Gasteiger partial charge in [0.2, 0.25) is 0 Å². The monoisotopic (exact) mass is 682 g/mol. The van der Waals surface area contributed by atoms with Crippen molar-refractivity contribution in [2.45, 2.75) is 93.0 Å². The van der Waals surface area contributed by atoms with E-state index in [0.29, 0.717) is 0 Å². The van der Waals surface area contributed by atoms with Gasteiger partial charge in [-0.15, -0.1) is 0 Å². The summed E-state index contributed by atoms with van der Waals surface area (Å²) >= 11 is 0. The summed E-state index contributed by atoms with van der Waals surface area (Å²) in [7, 11) is 5.44. The van der Waals surface area contributed by atoms with Crippen LogP contribution < -0.4 is 9.47 Å². The normalized spacial score (nSPS) is 6.51. The second kappa shape index (κ2) is 43.2. The maximum absolute atomic E-state index is 7.00. The molecule has 6 heteroatoms.